The van der Waals surface area contributed by atoms with Crippen LogP contribution in [0.3, 0.4) is 0 Å². The standard InChI is InChI=1S/C13H24N2O3S2/c1-10(2)12(9-15(3)4)14-20(17,18)13-6-5-11(19-13)7-8-16/h5-6,10,12,14,16H,7-9H2,1-4H3. The van der Waals surface area contributed by atoms with Crippen molar-refractivity contribution in [2.75, 3.05) is 27.2 Å². The van der Waals surface area contributed by atoms with Gasteiger partial charge in [0, 0.05) is 30.5 Å². The van der Waals surface area contributed by atoms with Gasteiger partial charge >= 0.3 is 0 Å². The molecule has 2 N–H and O–H groups in total. The molecule has 1 aromatic heterocycles. The quantitative estimate of drug-likeness (QED) is 0.754. The van der Waals surface area contributed by atoms with Gasteiger partial charge in [0.25, 0.3) is 0 Å². The van der Waals surface area contributed by atoms with E-state index in [9.17, 15) is 8.42 Å². The maximum absolute atomic E-state index is 12.4. The fraction of sp³-hybridized carbons (Fsp3) is 0.692. The van der Waals surface area contributed by atoms with Crippen molar-refractivity contribution >= 4 is 21.4 Å². The molecule has 1 aromatic rings. The smallest absolute Gasteiger partial charge is 0.250 e. The number of aliphatic hydroxyl groups is 1. The molecule has 0 saturated carbocycles. The number of thiophene rings is 1. The molecule has 1 rings (SSSR count). The lowest BCUT2D eigenvalue weighted by atomic mass is 10.1. The van der Waals surface area contributed by atoms with E-state index in [1.165, 1.54) is 11.3 Å². The fourth-order valence-electron chi connectivity index (χ4n) is 1.78. The number of sulfonamides is 1. The van der Waals surface area contributed by atoms with Gasteiger partial charge in [-0.2, -0.15) is 0 Å². The Morgan fingerprint density at radius 1 is 1.35 bits per heavy atom. The summed E-state index contributed by atoms with van der Waals surface area (Å²) in [5.74, 6) is 0.212. The second kappa shape index (κ2) is 7.51. The third kappa shape index (κ3) is 5.14. The van der Waals surface area contributed by atoms with Crippen LogP contribution in [0.2, 0.25) is 0 Å². The highest BCUT2D eigenvalue weighted by Crippen LogP contribution is 2.22. The Balaban J connectivity index is 2.85. The first-order valence-electron chi connectivity index (χ1n) is 6.63. The van der Waals surface area contributed by atoms with Crippen molar-refractivity contribution in [2.45, 2.75) is 30.5 Å². The Morgan fingerprint density at radius 3 is 2.50 bits per heavy atom. The average Bonchev–Trinajstić information content (AvgIpc) is 2.77. The van der Waals surface area contributed by atoms with E-state index in [1.807, 2.05) is 32.8 Å². The topological polar surface area (TPSA) is 69.6 Å². The molecule has 5 nitrogen and oxygen atoms in total. The summed E-state index contributed by atoms with van der Waals surface area (Å²) < 4.78 is 27.8. The van der Waals surface area contributed by atoms with Crippen molar-refractivity contribution in [3.8, 4) is 0 Å². The van der Waals surface area contributed by atoms with Crippen molar-refractivity contribution in [1.82, 2.24) is 9.62 Å². The zero-order valence-corrected chi connectivity index (χ0v) is 14.1. The maximum Gasteiger partial charge on any atom is 0.250 e. The van der Waals surface area contributed by atoms with Crippen LogP contribution in [0, 0.1) is 5.92 Å². The van der Waals surface area contributed by atoms with Gasteiger partial charge < -0.3 is 10.0 Å². The van der Waals surface area contributed by atoms with Crippen molar-refractivity contribution in [1.29, 1.82) is 0 Å². The Morgan fingerprint density at radius 2 is 2.00 bits per heavy atom. The van der Waals surface area contributed by atoms with Crippen molar-refractivity contribution in [3.05, 3.63) is 17.0 Å². The van der Waals surface area contributed by atoms with Crippen LogP contribution in [-0.4, -0.2) is 51.7 Å². The summed E-state index contributed by atoms with van der Waals surface area (Å²) in [5.41, 5.74) is 0. The Labute approximate surface area is 125 Å². The van der Waals surface area contributed by atoms with E-state index < -0.39 is 10.0 Å². The molecule has 0 fully saturated rings. The first kappa shape index (κ1) is 17.6. The van der Waals surface area contributed by atoms with Gasteiger partial charge in [-0.15, -0.1) is 11.3 Å². The molecule has 0 aliphatic heterocycles. The van der Waals surface area contributed by atoms with Gasteiger partial charge in [-0.25, -0.2) is 13.1 Å². The molecular weight excluding hydrogens is 296 g/mol. The summed E-state index contributed by atoms with van der Waals surface area (Å²) >= 11 is 1.21. The largest absolute Gasteiger partial charge is 0.396 e. The van der Waals surface area contributed by atoms with E-state index in [0.29, 0.717) is 17.2 Å². The molecule has 0 radical (unpaired) electrons. The van der Waals surface area contributed by atoms with E-state index in [1.54, 1.807) is 12.1 Å². The van der Waals surface area contributed by atoms with Crippen LogP contribution in [0.1, 0.15) is 18.7 Å². The van der Waals surface area contributed by atoms with Gasteiger partial charge in [0.15, 0.2) is 0 Å². The Bertz CT molecular complexity index is 509. The van der Waals surface area contributed by atoms with E-state index >= 15 is 0 Å². The molecule has 0 spiro atoms. The molecule has 7 heteroatoms. The molecule has 116 valence electrons. The maximum atomic E-state index is 12.4. The number of hydrogen-bond acceptors (Lipinski definition) is 5. The highest BCUT2D eigenvalue weighted by Gasteiger charge is 2.24. The summed E-state index contributed by atoms with van der Waals surface area (Å²) in [7, 11) is 0.362. The Hall–Kier alpha value is -0.470. The zero-order valence-electron chi connectivity index (χ0n) is 12.5. The summed E-state index contributed by atoms with van der Waals surface area (Å²) in [6.45, 7) is 4.69. The summed E-state index contributed by atoms with van der Waals surface area (Å²) in [6.07, 6.45) is 0.492. The summed E-state index contributed by atoms with van der Waals surface area (Å²) in [4.78, 5) is 2.85. The normalized spacial score (nSPS) is 14.2. The number of likely N-dealkylation sites (N-methyl/N-ethyl adjacent to an activating group) is 1. The Kier molecular flexibility index (Phi) is 6.60. The van der Waals surface area contributed by atoms with Crippen molar-refractivity contribution < 1.29 is 13.5 Å². The lowest BCUT2D eigenvalue weighted by molar-refractivity contribution is 0.300. The van der Waals surface area contributed by atoms with Crippen LogP contribution < -0.4 is 4.72 Å². The zero-order chi connectivity index (χ0) is 15.3. The lowest BCUT2D eigenvalue weighted by Crippen LogP contribution is -2.44. The fourth-order valence-corrected chi connectivity index (χ4v) is 4.52. The average molecular weight is 320 g/mol. The molecule has 0 aliphatic rings. The van der Waals surface area contributed by atoms with Gasteiger partial charge in [-0.1, -0.05) is 13.8 Å². The number of hydrogen-bond donors (Lipinski definition) is 2. The van der Waals surface area contributed by atoms with E-state index in [2.05, 4.69) is 4.72 Å². The van der Waals surface area contributed by atoms with Crippen LogP contribution >= 0.6 is 11.3 Å². The number of aliphatic hydroxyl groups excluding tert-OH is 1. The monoisotopic (exact) mass is 320 g/mol. The molecular formula is C13H24N2O3S2. The van der Waals surface area contributed by atoms with Crippen LogP contribution in [-0.2, 0) is 16.4 Å². The molecule has 1 atom stereocenters. The predicted octanol–water partition coefficient (Wildman–Crippen LogP) is 1.15. The highest BCUT2D eigenvalue weighted by molar-refractivity contribution is 7.91. The minimum absolute atomic E-state index is 0.0304. The molecule has 0 saturated heterocycles. The van der Waals surface area contributed by atoms with Gasteiger partial charge in [0.05, 0.1) is 0 Å². The number of nitrogens with one attached hydrogen (secondary N) is 1. The molecule has 0 aromatic carbocycles. The first-order chi connectivity index (χ1) is 9.26. The number of rotatable bonds is 8. The minimum atomic E-state index is -3.49. The van der Waals surface area contributed by atoms with E-state index in [4.69, 9.17) is 5.11 Å². The molecule has 20 heavy (non-hydrogen) atoms. The predicted molar refractivity (Wildman–Crippen MR) is 82.6 cm³/mol. The van der Waals surface area contributed by atoms with E-state index in [0.717, 1.165) is 4.88 Å². The molecule has 0 bridgehead atoms. The molecule has 0 amide bonds. The third-order valence-corrected chi connectivity index (χ3v) is 6.06. The molecule has 0 aliphatic carbocycles. The van der Waals surface area contributed by atoms with Gasteiger partial charge in [-0.3, -0.25) is 0 Å². The SMILES string of the molecule is CC(C)C(CN(C)C)NS(=O)(=O)c1ccc(CCO)s1. The highest BCUT2D eigenvalue weighted by atomic mass is 32.2. The van der Waals surface area contributed by atoms with Gasteiger partial charge in [0.2, 0.25) is 10.0 Å². The van der Waals surface area contributed by atoms with E-state index in [-0.39, 0.29) is 18.6 Å². The van der Waals surface area contributed by atoms with Crippen LogP contribution in [0.5, 0.6) is 0 Å². The second-order valence-corrected chi connectivity index (χ2v) is 8.54. The van der Waals surface area contributed by atoms with Crippen LogP contribution in [0.4, 0.5) is 0 Å². The molecule has 1 heterocycles. The van der Waals surface area contributed by atoms with Gasteiger partial charge in [0.1, 0.15) is 4.21 Å². The van der Waals surface area contributed by atoms with Crippen molar-refractivity contribution in [2.24, 2.45) is 5.92 Å². The second-order valence-electron chi connectivity index (χ2n) is 5.43. The molecule has 1 unspecified atom stereocenters. The first-order valence-corrected chi connectivity index (χ1v) is 8.93. The summed E-state index contributed by atoms with van der Waals surface area (Å²) in [5, 5.41) is 8.89. The van der Waals surface area contributed by atoms with Crippen molar-refractivity contribution in [3.63, 3.8) is 0 Å². The lowest BCUT2D eigenvalue weighted by Gasteiger charge is -2.25. The third-order valence-electron chi connectivity index (χ3n) is 2.93. The number of nitrogens with zero attached hydrogens (tertiary/aromatic N) is 1. The minimum Gasteiger partial charge on any atom is -0.396 e. The summed E-state index contributed by atoms with van der Waals surface area (Å²) in [6, 6.07) is 3.23. The van der Waals surface area contributed by atoms with Gasteiger partial charge in [-0.05, 0) is 32.1 Å². The van der Waals surface area contributed by atoms with Crippen LogP contribution in [0.15, 0.2) is 16.3 Å². The van der Waals surface area contributed by atoms with Crippen LogP contribution in [0.25, 0.3) is 0 Å².